The Bertz CT molecular complexity index is 4730. The first-order valence-electron chi connectivity index (χ1n) is 49.8. The van der Waals surface area contributed by atoms with Crippen LogP contribution in [0.3, 0.4) is 0 Å². The van der Waals surface area contributed by atoms with Crippen molar-refractivity contribution in [2.75, 3.05) is 54.1 Å². The van der Waals surface area contributed by atoms with Crippen LogP contribution in [-0.2, 0) is 104 Å². The first-order valence-corrected chi connectivity index (χ1v) is 49.8. The number of halogens is 1. The number of rotatable bonds is 38. The summed E-state index contributed by atoms with van der Waals surface area (Å²) in [6, 6.07) is 45.9. The van der Waals surface area contributed by atoms with Gasteiger partial charge in [0.2, 0.25) is 0 Å². The number of piperazine rings is 1. The van der Waals surface area contributed by atoms with Crippen LogP contribution >= 0.6 is 12.4 Å². The Labute approximate surface area is 853 Å². The standard InChI is InChI=1S/C24H36N2O6.C23H36N2O5.C23H34N2O4.C20H29NO4.C12H13NO3.C7H15NO2.ClH/c1-17(2)14-19(20(27)30-6)26(22(29)32-23(3,4)5)16-24(12-13-24)25-21(28)31-15-18-10-8-7-9-11-18;1-17(2)13-19(14-26)25(21(28)30-22(3,4)5)16-23(11-12-23)24-20(27)29-15-18-9-7-6-8-10-18;1-17(2)13-19-14-25(21(27)28-15-18-9-7-6-8-10-18)23(11-12-23)16-24(19)20(26)29-22(3,4)5;1-15(2)13-17(18(22)24-3)9-10-20(11-12-20)21-19(23)25-14-16-7-5-4-6-8-16;14-9-12(6-7-12)13-11(15)16-8-10-4-2-1-3-5-10;1-5(2)4-6(8)7(9)10-3;/h7-11,17,19H,12-16H2,1-6H3,(H,25,28);6-10,17,19,26H,11-16H2,1-5H3,(H,24,27);6-10,17,19H,11-16H2,1-5H3;4-8,15,17H,9-14H2,1-3H3,(H,21,23);1-5,9H,6-8H2,(H,13,15);5-6H,4,8H2,1-3H3;1H/t3*19-;17-;;6-;/m1111.1./s1. The Morgan fingerprint density at radius 2 is 0.776 bits per heavy atom. The maximum absolute atomic E-state index is 13.1. The molecule has 0 unspecified atom stereocenters. The van der Waals surface area contributed by atoms with Crippen molar-refractivity contribution < 1.29 is 115 Å². The summed E-state index contributed by atoms with van der Waals surface area (Å²) in [4.78, 5) is 152. The SMILES string of the molecule is CC(C)C[C@@H]1CN(C(=O)OCc2ccccc2)C2(CC2)CN1C(=O)OC(C)(C)C.CC(C)C[C@H](CO)N(CC1(NC(=O)OCc2ccccc2)CC1)C(=O)OC(C)(C)C.COC(=O)[C@@H](CC(C)C)N(CC1(NC(=O)OCc2ccccc2)CC1)C(=O)OC(C)(C)C.COC(=O)[C@H](CCC1(NC(=O)OCc2ccccc2)CC1)CC(C)C.COC(=O)[C@H](N)CC(C)C.Cl.O=CC1(NC(=O)OCc2ccccc2)CC1. The fourth-order valence-corrected chi connectivity index (χ4v) is 15.8. The van der Waals surface area contributed by atoms with Crippen LogP contribution in [0.1, 0.15) is 269 Å². The van der Waals surface area contributed by atoms with E-state index in [4.69, 9.17) is 53.1 Å². The van der Waals surface area contributed by atoms with Gasteiger partial charge in [-0.15, -0.1) is 12.4 Å². The highest BCUT2D eigenvalue weighted by molar-refractivity contribution is 5.85. The minimum absolute atomic E-state index is 0. The van der Waals surface area contributed by atoms with Gasteiger partial charge >= 0.3 is 66.7 Å². The van der Waals surface area contributed by atoms with Crippen LogP contribution in [0.15, 0.2) is 152 Å². The molecule has 6 aliphatic rings. The molecule has 796 valence electrons. The Morgan fingerprint density at radius 3 is 1.10 bits per heavy atom. The number of nitrogens with zero attached hydrogens (tertiary/aromatic N) is 4. The number of benzene rings is 5. The largest absolute Gasteiger partial charge is 0.469 e. The van der Waals surface area contributed by atoms with E-state index in [1.54, 1.807) is 25.7 Å². The van der Waals surface area contributed by atoms with Gasteiger partial charge in [0.25, 0.3) is 0 Å². The Hall–Kier alpha value is -11.5. The second kappa shape index (κ2) is 57.9. The molecule has 5 aromatic rings. The average molecular weight is 2020 g/mol. The van der Waals surface area contributed by atoms with Gasteiger partial charge < -0.3 is 98.8 Å². The van der Waals surface area contributed by atoms with Crippen LogP contribution in [0.4, 0.5) is 38.4 Å². The van der Waals surface area contributed by atoms with Crippen molar-refractivity contribution in [2.45, 2.75) is 342 Å². The molecular weight excluding hydrogens is 1850 g/mol. The third-order valence-electron chi connectivity index (χ3n) is 24.0. The number of nitrogens with one attached hydrogen (secondary N) is 4. The summed E-state index contributed by atoms with van der Waals surface area (Å²) >= 11 is 0. The van der Waals surface area contributed by atoms with Crippen LogP contribution < -0.4 is 27.0 Å². The number of amides is 8. The number of hydrogen-bond donors (Lipinski definition) is 6. The number of aliphatic hydroxyl groups is 1. The molecule has 0 radical (unpaired) electrons. The van der Waals surface area contributed by atoms with Gasteiger partial charge in [0.1, 0.15) is 68.2 Å². The van der Waals surface area contributed by atoms with E-state index in [0.717, 1.165) is 98.3 Å². The molecule has 5 saturated carbocycles. The lowest BCUT2D eigenvalue weighted by Gasteiger charge is -2.47. The molecule has 33 nitrogen and oxygen atoms in total. The van der Waals surface area contributed by atoms with Crippen molar-refractivity contribution >= 4 is 85.3 Å². The maximum atomic E-state index is 13.1. The number of aldehydes is 1. The first kappa shape index (κ1) is 122. The van der Waals surface area contributed by atoms with Crippen molar-refractivity contribution in [1.29, 1.82) is 0 Å². The summed E-state index contributed by atoms with van der Waals surface area (Å²) in [6.07, 6.45) is 9.87. The minimum Gasteiger partial charge on any atom is -0.469 e. The third-order valence-corrected chi connectivity index (χ3v) is 24.0. The van der Waals surface area contributed by atoms with Crippen LogP contribution in [0.25, 0.3) is 0 Å². The van der Waals surface area contributed by atoms with E-state index in [-0.39, 0.29) is 130 Å². The van der Waals surface area contributed by atoms with E-state index in [9.17, 15) is 62.6 Å². The fraction of sp³-hybridized carbons (Fsp3) is 0.615. The molecule has 11 rings (SSSR count). The van der Waals surface area contributed by atoms with Crippen LogP contribution in [0.2, 0.25) is 0 Å². The predicted octanol–water partition coefficient (Wildman–Crippen LogP) is 19.8. The molecule has 1 saturated heterocycles. The summed E-state index contributed by atoms with van der Waals surface area (Å²) in [5, 5.41) is 21.3. The van der Waals surface area contributed by atoms with Crippen LogP contribution in [-0.4, -0.2) is 220 Å². The molecule has 1 heterocycles. The molecule has 0 aromatic heterocycles. The molecule has 5 aromatic carbocycles. The second-order valence-electron chi connectivity index (χ2n) is 43.1. The second-order valence-corrected chi connectivity index (χ2v) is 43.1. The Morgan fingerprint density at radius 1 is 0.427 bits per heavy atom. The average Bonchev–Trinajstić information content (AvgIpc) is 1.58. The summed E-state index contributed by atoms with van der Waals surface area (Å²) in [6.45, 7) is 39.2. The highest BCUT2D eigenvalue weighted by atomic mass is 35.5. The van der Waals surface area contributed by atoms with Crippen molar-refractivity contribution in [3.05, 3.63) is 179 Å². The van der Waals surface area contributed by atoms with E-state index < -0.39 is 81.9 Å². The first-order chi connectivity index (χ1) is 66.8. The minimum atomic E-state index is -0.811. The molecule has 5 atom stereocenters. The molecule has 1 spiro atoms. The zero-order valence-corrected chi connectivity index (χ0v) is 89.3. The number of esters is 3. The van der Waals surface area contributed by atoms with E-state index in [1.807, 2.05) is 245 Å². The van der Waals surface area contributed by atoms with Crippen LogP contribution in [0, 0.1) is 35.5 Å². The summed E-state index contributed by atoms with van der Waals surface area (Å²) in [7, 11) is 4.08. The van der Waals surface area contributed by atoms with Gasteiger partial charge in [0.05, 0.1) is 68.1 Å². The Balaban J connectivity index is 0.000000310. The van der Waals surface area contributed by atoms with E-state index in [1.165, 1.54) is 26.2 Å². The molecule has 8 amide bonds. The number of aliphatic hydroxyl groups excluding tert-OH is 1. The third kappa shape index (κ3) is 46.4. The quantitative estimate of drug-likeness (QED) is 0.0121. The number of alkyl carbamates (subject to hydrolysis) is 4. The predicted molar refractivity (Wildman–Crippen MR) is 547 cm³/mol. The molecular formula is C109H164ClN9O24. The zero-order valence-electron chi connectivity index (χ0n) is 88.5. The van der Waals surface area contributed by atoms with E-state index in [2.05, 4.69) is 53.7 Å². The van der Waals surface area contributed by atoms with Crippen molar-refractivity contribution in [2.24, 2.45) is 41.2 Å². The molecule has 6 fully saturated rings. The highest BCUT2D eigenvalue weighted by Gasteiger charge is 2.58. The zero-order chi connectivity index (χ0) is 105. The highest BCUT2D eigenvalue weighted by Crippen LogP contribution is 2.48. The van der Waals surface area contributed by atoms with Crippen molar-refractivity contribution in [3.8, 4) is 0 Å². The number of carbonyl (C=O) groups excluding carboxylic acids is 12. The molecule has 0 bridgehead atoms. The molecule has 34 heteroatoms. The van der Waals surface area contributed by atoms with Gasteiger partial charge in [-0.1, -0.05) is 221 Å². The fourth-order valence-electron chi connectivity index (χ4n) is 15.8. The van der Waals surface area contributed by atoms with Gasteiger partial charge in [-0.2, -0.15) is 0 Å². The van der Waals surface area contributed by atoms with Crippen molar-refractivity contribution in [1.82, 2.24) is 40.9 Å². The lowest BCUT2D eigenvalue weighted by molar-refractivity contribution is -0.148. The number of ether oxygens (including phenoxy) is 11. The van der Waals surface area contributed by atoms with Gasteiger partial charge in [-0.05, 0) is 229 Å². The number of methoxy groups -OCH3 is 3. The molecule has 143 heavy (non-hydrogen) atoms. The normalized spacial score (nSPS) is 16.6. The Kier molecular flexibility index (Phi) is 49.4. The number of carbonyl (C=O) groups is 12. The lowest BCUT2D eigenvalue weighted by Crippen LogP contribution is -2.63. The van der Waals surface area contributed by atoms with Crippen LogP contribution in [0.5, 0.6) is 0 Å². The van der Waals surface area contributed by atoms with Crippen molar-refractivity contribution in [3.63, 3.8) is 0 Å². The number of hydrogen-bond acceptors (Lipinski definition) is 25. The molecule has 7 N–H and O–H groups in total. The van der Waals surface area contributed by atoms with Gasteiger partial charge in [-0.25, -0.2) is 43.2 Å². The lowest BCUT2D eigenvalue weighted by atomic mass is 9.91. The summed E-state index contributed by atoms with van der Waals surface area (Å²) in [5.74, 6) is 0.619. The van der Waals surface area contributed by atoms with E-state index >= 15 is 0 Å². The smallest absolute Gasteiger partial charge is 0.411 e. The topological polar surface area (TPSA) is 414 Å². The van der Waals surface area contributed by atoms with Gasteiger partial charge in [0.15, 0.2) is 0 Å². The number of nitrogens with two attached hydrogens (primary N) is 1. The monoisotopic (exact) mass is 2020 g/mol. The van der Waals surface area contributed by atoms with Gasteiger partial charge in [-0.3, -0.25) is 19.4 Å². The summed E-state index contributed by atoms with van der Waals surface area (Å²) in [5.41, 5.74) is 5.81. The summed E-state index contributed by atoms with van der Waals surface area (Å²) < 4.78 is 57.8. The van der Waals surface area contributed by atoms with E-state index in [0.29, 0.717) is 81.7 Å². The molecule has 1 aliphatic heterocycles. The maximum Gasteiger partial charge on any atom is 0.411 e. The molecule has 5 aliphatic carbocycles. The van der Waals surface area contributed by atoms with Gasteiger partial charge in [0, 0.05) is 31.7 Å².